The van der Waals surface area contributed by atoms with Crippen LogP contribution in [-0.2, 0) is 14.8 Å². The lowest BCUT2D eigenvalue weighted by atomic mass is 10.1. The first-order chi connectivity index (χ1) is 22.1. The Morgan fingerprint density at radius 3 is 2.48 bits per heavy atom. The number of aromatic nitrogens is 6. The van der Waals surface area contributed by atoms with Crippen LogP contribution in [0.25, 0.3) is 33.5 Å². The van der Waals surface area contributed by atoms with Gasteiger partial charge in [-0.05, 0) is 63.9 Å². The molecule has 2 saturated heterocycles. The average molecular weight is 641 g/mol. The minimum Gasteiger partial charge on any atom is -0.372 e. The van der Waals surface area contributed by atoms with E-state index in [1.54, 1.807) is 48.9 Å². The molecule has 2 fully saturated rings. The summed E-state index contributed by atoms with van der Waals surface area (Å²) in [4.78, 5) is 19.5. The van der Waals surface area contributed by atoms with Gasteiger partial charge >= 0.3 is 0 Å². The Balaban J connectivity index is 1.29. The van der Waals surface area contributed by atoms with Crippen LogP contribution in [0.3, 0.4) is 0 Å². The molecular formula is C34H40N8O3S. The van der Waals surface area contributed by atoms with Crippen LogP contribution in [0.5, 0.6) is 0 Å². The number of piperidine rings is 1. The highest BCUT2D eigenvalue weighted by atomic mass is 32.2. The highest BCUT2D eigenvalue weighted by molar-refractivity contribution is 7.90. The molecule has 0 saturated carbocycles. The quantitative estimate of drug-likeness (QED) is 0.238. The number of hydrogen-bond donors (Lipinski definition) is 0. The summed E-state index contributed by atoms with van der Waals surface area (Å²) in [6, 6.07) is 10.8. The van der Waals surface area contributed by atoms with Crippen molar-refractivity contribution in [3.05, 3.63) is 72.9 Å². The standard InChI is InChI=1S/C34H40N8O3S/c1-5-39-13-11-27(12-14-39)41-21-26(19-37-41)29-22-42(46(43,44)28-9-7-6-8-10-28)33-31(29)38-30(20-36-33)25-17-24(2)32(35-18-25)40-15-16-45-34(3,4)23-40/h6-10,17-22,27H,5,11-16,23H2,1-4H3. The summed E-state index contributed by atoms with van der Waals surface area (Å²) in [6.45, 7) is 13.7. The first-order valence-corrected chi connectivity index (χ1v) is 17.4. The molecule has 5 aromatic rings. The van der Waals surface area contributed by atoms with Crippen molar-refractivity contribution >= 4 is 27.0 Å². The van der Waals surface area contributed by atoms with Crippen molar-refractivity contribution in [3.8, 4) is 22.4 Å². The number of benzene rings is 1. The first kappa shape index (κ1) is 30.5. The number of ether oxygens (including phenoxy) is 1. The zero-order valence-electron chi connectivity index (χ0n) is 26.8. The number of rotatable bonds is 7. The predicted molar refractivity (Wildman–Crippen MR) is 178 cm³/mol. The van der Waals surface area contributed by atoms with Gasteiger partial charge in [0.05, 0.1) is 41.2 Å². The second kappa shape index (κ2) is 11.9. The molecule has 7 rings (SSSR count). The predicted octanol–water partition coefficient (Wildman–Crippen LogP) is 5.17. The molecule has 2 aliphatic heterocycles. The fraction of sp³-hybridized carbons (Fsp3) is 0.412. The maximum atomic E-state index is 13.9. The Morgan fingerprint density at radius 1 is 0.978 bits per heavy atom. The van der Waals surface area contributed by atoms with Crippen LogP contribution in [-0.4, -0.2) is 87.0 Å². The summed E-state index contributed by atoms with van der Waals surface area (Å²) < 4.78 is 36.9. The van der Waals surface area contributed by atoms with Crippen molar-refractivity contribution in [1.82, 2.24) is 33.6 Å². The van der Waals surface area contributed by atoms with Gasteiger partial charge in [0.25, 0.3) is 10.0 Å². The number of likely N-dealkylation sites (tertiary alicyclic amines) is 1. The van der Waals surface area contributed by atoms with Gasteiger partial charge in [-0.25, -0.2) is 27.3 Å². The van der Waals surface area contributed by atoms with E-state index in [9.17, 15) is 8.42 Å². The fourth-order valence-electron chi connectivity index (χ4n) is 6.62. The van der Waals surface area contributed by atoms with Gasteiger partial charge in [-0.1, -0.05) is 25.1 Å². The van der Waals surface area contributed by atoms with Gasteiger partial charge in [0, 0.05) is 61.5 Å². The van der Waals surface area contributed by atoms with Gasteiger partial charge in [-0.15, -0.1) is 0 Å². The largest absolute Gasteiger partial charge is 0.372 e. The van der Waals surface area contributed by atoms with E-state index in [2.05, 4.69) is 36.6 Å². The van der Waals surface area contributed by atoms with Gasteiger partial charge in [0.1, 0.15) is 11.3 Å². The summed E-state index contributed by atoms with van der Waals surface area (Å²) in [5.74, 6) is 0.923. The third kappa shape index (κ3) is 5.69. The van der Waals surface area contributed by atoms with E-state index in [1.165, 1.54) is 3.97 Å². The van der Waals surface area contributed by atoms with Crippen molar-refractivity contribution in [2.45, 2.75) is 57.1 Å². The molecular weight excluding hydrogens is 600 g/mol. The molecule has 2 aliphatic rings. The van der Waals surface area contributed by atoms with Crippen molar-refractivity contribution in [2.24, 2.45) is 0 Å². The monoisotopic (exact) mass is 640 g/mol. The van der Waals surface area contributed by atoms with Crippen molar-refractivity contribution in [1.29, 1.82) is 0 Å². The number of morpholine rings is 1. The molecule has 0 aliphatic carbocycles. The third-order valence-corrected chi connectivity index (χ3v) is 10.8. The highest BCUT2D eigenvalue weighted by Gasteiger charge is 2.29. The molecule has 240 valence electrons. The number of pyridine rings is 1. The van der Waals surface area contributed by atoms with Crippen LogP contribution in [0.1, 0.15) is 45.2 Å². The summed E-state index contributed by atoms with van der Waals surface area (Å²) in [6.07, 6.45) is 10.9. The summed E-state index contributed by atoms with van der Waals surface area (Å²) in [7, 11) is -3.93. The van der Waals surface area contributed by atoms with Crippen molar-refractivity contribution < 1.29 is 13.2 Å². The van der Waals surface area contributed by atoms with Gasteiger partial charge in [-0.2, -0.15) is 5.10 Å². The Morgan fingerprint density at radius 2 is 1.76 bits per heavy atom. The van der Waals surface area contributed by atoms with Crippen molar-refractivity contribution in [3.63, 3.8) is 0 Å². The zero-order chi connectivity index (χ0) is 32.1. The Bertz CT molecular complexity index is 1980. The van der Waals surface area contributed by atoms with Gasteiger partial charge in [-0.3, -0.25) is 4.68 Å². The van der Waals surface area contributed by atoms with Gasteiger partial charge in [0.2, 0.25) is 0 Å². The number of nitrogens with zero attached hydrogens (tertiary/aromatic N) is 8. The van der Waals surface area contributed by atoms with Crippen molar-refractivity contribution in [2.75, 3.05) is 44.2 Å². The Kier molecular flexibility index (Phi) is 7.90. The lowest BCUT2D eigenvalue weighted by Crippen LogP contribution is -2.48. The van der Waals surface area contributed by atoms with Crippen LogP contribution in [0, 0.1) is 6.92 Å². The lowest BCUT2D eigenvalue weighted by Gasteiger charge is -2.39. The Hall–Kier alpha value is -4.13. The lowest BCUT2D eigenvalue weighted by molar-refractivity contribution is -0.0279. The molecule has 0 amide bonds. The average Bonchev–Trinajstić information content (AvgIpc) is 3.70. The van der Waals surface area contributed by atoms with Crippen LogP contribution in [0.4, 0.5) is 5.82 Å². The second-order valence-electron chi connectivity index (χ2n) is 12.9. The number of hydrogen-bond acceptors (Lipinski definition) is 9. The van der Waals surface area contributed by atoms with E-state index >= 15 is 0 Å². The van der Waals surface area contributed by atoms with E-state index in [0.29, 0.717) is 29.4 Å². The smallest absolute Gasteiger partial charge is 0.269 e. The molecule has 4 aromatic heterocycles. The molecule has 0 bridgehead atoms. The normalized spacial score (nSPS) is 18.0. The molecule has 46 heavy (non-hydrogen) atoms. The van der Waals surface area contributed by atoms with E-state index in [0.717, 1.165) is 68.1 Å². The van der Waals surface area contributed by atoms with E-state index < -0.39 is 10.0 Å². The van der Waals surface area contributed by atoms with E-state index in [-0.39, 0.29) is 16.1 Å². The SMILES string of the molecule is CCN1CCC(n2cc(-c3cn(S(=O)(=O)c4ccccc4)c4ncc(-c5cnc(N6CCOC(C)(C)C6)c(C)c5)nc34)cn2)CC1. The number of fused-ring (bicyclic) bond motifs is 1. The minimum atomic E-state index is -3.93. The first-order valence-electron chi connectivity index (χ1n) is 15.9. The molecule has 0 unspecified atom stereocenters. The fourth-order valence-corrected chi connectivity index (χ4v) is 7.95. The molecule has 0 N–H and O–H groups in total. The van der Waals surface area contributed by atoms with Gasteiger partial charge < -0.3 is 14.5 Å². The summed E-state index contributed by atoms with van der Waals surface area (Å²) in [5.41, 5.74) is 4.44. The van der Waals surface area contributed by atoms with E-state index in [1.807, 2.05) is 24.0 Å². The zero-order valence-corrected chi connectivity index (χ0v) is 27.6. The molecule has 0 atom stereocenters. The van der Waals surface area contributed by atoms with E-state index in [4.69, 9.17) is 24.8 Å². The molecule has 11 nitrogen and oxygen atoms in total. The molecule has 6 heterocycles. The molecule has 0 radical (unpaired) electrons. The maximum Gasteiger partial charge on any atom is 0.269 e. The van der Waals surface area contributed by atoms with Crippen LogP contribution in [0.2, 0.25) is 0 Å². The minimum absolute atomic E-state index is 0.185. The van der Waals surface area contributed by atoms with Crippen LogP contribution < -0.4 is 4.90 Å². The topological polar surface area (TPSA) is 111 Å². The third-order valence-electron chi connectivity index (χ3n) is 9.13. The van der Waals surface area contributed by atoms with Crippen LogP contribution in [0.15, 0.2) is 72.3 Å². The second-order valence-corrected chi connectivity index (χ2v) is 14.7. The highest BCUT2D eigenvalue weighted by Crippen LogP contribution is 2.34. The molecule has 12 heteroatoms. The maximum absolute atomic E-state index is 13.9. The van der Waals surface area contributed by atoms with Crippen LogP contribution >= 0.6 is 0 Å². The molecule has 1 aromatic carbocycles. The molecule has 0 spiro atoms. The Labute approximate surface area is 269 Å². The number of aryl methyl sites for hydroxylation is 1. The van der Waals surface area contributed by atoms with Gasteiger partial charge in [0.15, 0.2) is 5.65 Å². The number of anilines is 1. The summed E-state index contributed by atoms with van der Waals surface area (Å²) >= 11 is 0. The summed E-state index contributed by atoms with van der Waals surface area (Å²) in [5, 5.41) is 4.73.